The number of primary amides is 1. The highest BCUT2D eigenvalue weighted by molar-refractivity contribution is 6.04. The first-order valence-corrected chi connectivity index (χ1v) is 8.37. The fourth-order valence-electron chi connectivity index (χ4n) is 3.34. The van der Waals surface area contributed by atoms with Crippen LogP contribution in [0.25, 0.3) is 16.6 Å². The number of hydrogen-bond acceptors (Lipinski definition) is 3. The van der Waals surface area contributed by atoms with Gasteiger partial charge in [0, 0.05) is 19.5 Å². The molecule has 1 atom stereocenters. The molecule has 1 aromatic heterocycles. The van der Waals surface area contributed by atoms with E-state index in [4.69, 9.17) is 7.10 Å². The van der Waals surface area contributed by atoms with Gasteiger partial charge in [-0.1, -0.05) is 6.07 Å². The van der Waals surface area contributed by atoms with Gasteiger partial charge >= 0.3 is 0 Å². The Kier molecular flexibility index (Phi) is 3.86. The lowest BCUT2D eigenvalue weighted by molar-refractivity contribution is 0.100. The number of benzene rings is 2. The Morgan fingerprint density at radius 1 is 1.35 bits per heavy atom. The van der Waals surface area contributed by atoms with Crippen LogP contribution in [0.1, 0.15) is 36.0 Å². The van der Waals surface area contributed by atoms with Gasteiger partial charge in [0.15, 0.2) is 0 Å². The third-order valence-electron chi connectivity index (χ3n) is 4.61. The van der Waals surface area contributed by atoms with Crippen molar-refractivity contribution in [3.8, 4) is 5.69 Å². The smallest absolute Gasteiger partial charge is 0.251 e. The van der Waals surface area contributed by atoms with Gasteiger partial charge in [-0.15, -0.1) is 0 Å². The number of halogens is 2. The minimum Gasteiger partial charge on any atom is -0.366 e. The Balaban J connectivity index is 1.77. The van der Waals surface area contributed by atoms with Crippen molar-refractivity contribution in [1.29, 1.82) is 0 Å². The van der Waals surface area contributed by atoms with Crippen LogP contribution in [0.4, 0.5) is 8.78 Å². The molecule has 0 spiro atoms. The molecule has 1 amide bonds. The molecule has 3 aromatic rings. The van der Waals surface area contributed by atoms with Gasteiger partial charge in [0.05, 0.1) is 11.3 Å². The minimum atomic E-state index is -1.00. The fraction of sp³-hybridized carbons (Fsp3) is 0.263. The van der Waals surface area contributed by atoms with Crippen molar-refractivity contribution >= 4 is 16.8 Å². The Morgan fingerprint density at radius 3 is 2.88 bits per heavy atom. The number of carbonyl (C=O) groups is 1. The summed E-state index contributed by atoms with van der Waals surface area (Å²) in [5.74, 6) is -2.88. The monoisotopic (exact) mass is 357 g/mol. The number of carbonyl (C=O) groups excluding carboxylic acids is 1. The fourth-order valence-corrected chi connectivity index (χ4v) is 3.34. The average Bonchev–Trinajstić information content (AvgIpc) is 3.05. The molecule has 3 N–H and O–H groups in total. The van der Waals surface area contributed by atoms with Crippen LogP contribution >= 0.6 is 0 Å². The number of fused-ring (bicyclic) bond motifs is 1. The molecule has 7 heteroatoms. The summed E-state index contributed by atoms with van der Waals surface area (Å²) in [5.41, 5.74) is 6.26. The van der Waals surface area contributed by atoms with Crippen LogP contribution in [0, 0.1) is 11.6 Å². The molecule has 0 bridgehead atoms. The first kappa shape index (κ1) is 15.5. The van der Waals surface area contributed by atoms with E-state index in [-0.39, 0.29) is 11.1 Å². The second-order valence-corrected chi connectivity index (χ2v) is 6.38. The SMILES string of the molecule is [2H]C1(c2ccc(-n3cc4cc(F)cc(C(N)=O)c4n3)cc2F)CCCNC1. The summed E-state index contributed by atoms with van der Waals surface area (Å²) in [7, 11) is 0. The summed E-state index contributed by atoms with van der Waals surface area (Å²) in [5, 5.41) is 7.80. The summed E-state index contributed by atoms with van der Waals surface area (Å²) in [6, 6.07) is 6.82. The van der Waals surface area contributed by atoms with Gasteiger partial charge in [-0.2, -0.15) is 5.10 Å². The van der Waals surface area contributed by atoms with Gasteiger partial charge in [-0.3, -0.25) is 4.79 Å². The van der Waals surface area contributed by atoms with E-state index in [9.17, 15) is 13.6 Å². The second-order valence-electron chi connectivity index (χ2n) is 6.38. The number of aromatic nitrogens is 2. The van der Waals surface area contributed by atoms with E-state index in [1.54, 1.807) is 12.1 Å². The molecule has 1 aliphatic rings. The average molecular weight is 357 g/mol. The van der Waals surface area contributed by atoms with E-state index in [0.717, 1.165) is 19.0 Å². The zero-order chi connectivity index (χ0) is 19.2. The molecule has 0 aliphatic carbocycles. The van der Waals surface area contributed by atoms with Crippen LogP contribution in [0.5, 0.6) is 0 Å². The van der Waals surface area contributed by atoms with Gasteiger partial charge in [0.25, 0.3) is 5.91 Å². The number of hydrogen-bond donors (Lipinski definition) is 2. The van der Waals surface area contributed by atoms with Crippen molar-refractivity contribution in [2.24, 2.45) is 5.73 Å². The van der Waals surface area contributed by atoms with Gasteiger partial charge < -0.3 is 11.1 Å². The molecule has 4 rings (SSSR count). The summed E-state index contributed by atoms with van der Waals surface area (Å²) < 4.78 is 38.4. The molecule has 0 radical (unpaired) electrons. The molecule has 1 fully saturated rings. The molecule has 134 valence electrons. The lowest BCUT2D eigenvalue weighted by atomic mass is 9.91. The highest BCUT2D eigenvalue weighted by Crippen LogP contribution is 2.28. The lowest BCUT2D eigenvalue weighted by Crippen LogP contribution is -2.28. The third-order valence-corrected chi connectivity index (χ3v) is 4.61. The Bertz CT molecular complexity index is 1040. The van der Waals surface area contributed by atoms with E-state index < -0.39 is 23.4 Å². The highest BCUT2D eigenvalue weighted by atomic mass is 19.1. The molecule has 0 saturated carbocycles. The van der Waals surface area contributed by atoms with Crippen LogP contribution in [0.3, 0.4) is 0 Å². The van der Waals surface area contributed by atoms with Crippen LogP contribution < -0.4 is 11.1 Å². The molecule has 5 nitrogen and oxygen atoms in total. The predicted octanol–water partition coefficient (Wildman–Crippen LogP) is 2.87. The van der Waals surface area contributed by atoms with Crippen molar-refractivity contribution in [3.05, 3.63) is 59.3 Å². The van der Waals surface area contributed by atoms with Crippen molar-refractivity contribution in [2.45, 2.75) is 18.7 Å². The van der Waals surface area contributed by atoms with Crippen molar-refractivity contribution in [3.63, 3.8) is 0 Å². The Hall–Kier alpha value is -2.80. The Labute approximate surface area is 150 Å². The van der Waals surface area contributed by atoms with E-state index in [2.05, 4.69) is 10.4 Å². The quantitative estimate of drug-likeness (QED) is 0.757. The Morgan fingerprint density at radius 2 is 2.19 bits per heavy atom. The number of rotatable bonds is 3. The normalized spacial score (nSPS) is 20.9. The molecular formula is C19H18F2N4O. The van der Waals surface area contributed by atoms with E-state index in [0.29, 0.717) is 29.6 Å². The predicted molar refractivity (Wildman–Crippen MR) is 94.3 cm³/mol. The van der Waals surface area contributed by atoms with Gasteiger partial charge in [-0.05, 0) is 55.1 Å². The lowest BCUT2D eigenvalue weighted by Gasteiger charge is -2.23. The number of nitrogens with one attached hydrogen (secondary N) is 1. The minimum absolute atomic E-state index is 0.0285. The molecular weight excluding hydrogens is 338 g/mol. The van der Waals surface area contributed by atoms with Gasteiger partial charge in [0.1, 0.15) is 17.2 Å². The second kappa shape index (κ2) is 6.49. The molecule has 1 unspecified atom stereocenters. The summed E-state index contributed by atoms with van der Waals surface area (Å²) in [6.07, 6.45) is 2.91. The number of nitrogens with zero attached hydrogens (tertiary/aromatic N) is 2. The first-order valence-electron chi connectivity index (χ1n) is 8.87. The molecule has 2 heterocycles. The largest absolute Gasteiger partial charge is 0.366 e. The van der Waals surface area contributed by atoms with Crippen LogP contribution in [0.15, 0.2) is 36.5 Å². The molecule has 1 aliphatic heterocycles. The summed E-state index contributed by atoms with van der Waals surface area (Å²) in [6.45, 7) is 1.23. The topological polar surface area (TPSA) is 72.9 Å². The molecule has 2 aromatic carbocycles. The number of amides is 1. The summed E-state index contributed by atoms with van der Waals surface area (Å²) in [4.78, 5) is 11.5. The van der Waals surface area contributed by atoms with E-state index in [1.165, 1.54) is 23.0 Å². The zero-order valence-electron chi connectivity index (χ0n) is 14.9. The number of nitrogens with two attached hydrogens (primary N) is 1. The van der Waals surface area contributed by atoms with Crippen LogP contribution in [-0.4, -0.2) is 28.8 Å². The van der Waals surface area contributed by atoms with Crippen molar-refractivity contribution < 1.29 is 14.9 Å². The van der Waals surface area contributed by atoms with Crippen LogP contribution in [-0.2, 0) is 0 Å². The van der Waals surface area contributed by atoms with Crippen LogP contribution in [0.2, 0.25) is 0 Å². The zero-order valence-corrected chi connectivity index (χ0v) is 13.9. The maximum atomic E-state index is 14.8. The summed E-state index contributed by atoms with van der Waals surface area (Å²) >= 11 is 0. The van der Waals surface area contributed by atoms with Gasteiger partial charge in [0.2, 0.25) is 0 Å². The van der Waals surface area contributed by atoms with Gasteiger partial charge in [-0.25, -0.2) is 13.5 Å². The van der Waals surface area contributed by atoms with Crippen molar-refractivity contribution in [1.82, 2.24) is 15.1 Å². The third kappa shape index (κ3) is 2.94. The highest BCUT2D eigenvalue weighted by Gasteiger charge is 2.19. The van der Waals surface area contributed by atoms with E-state index >= 15 is 0 Å². The maximum Gasteiger partial charge on any atom is 0.251 e. The first-order chi connectivity index (χ1) is 12.9. The van der Waals surface area contributed by atoms with Crippen molar-refractivity contribution in [2.75, 3.05) is 13.1 Å². The maximum absolute atomic E-state index is 14.8. The number of piperidine rings is 1. The standard InChI is InChI=1S/C19H18F2N4O/c20-13-6-12-10-25(24-18(12)16(7-13)19(22)26)14-3-4-15(17(21)8-14)11-2-1-5-23-9-11/h3-4,6-8,10-11,23H,1-2,5,9H2,(H2,22,26)/i11D. The molecule has 26 heavy (non-hydrogen) atoms. The van der Waals surface area contributed by atoms with E-state index in [1.807, 2.05) is 0 Å². The molecule has 1 saturated heterocycles.